The highest BCUT2D eigenvalue weighted by Gasteiger charge is 2.09. The predicted octanol–water partition coefficient (Wildman–Crippen LogP) is 0.215. The summed E-state index contributed by atoms with van der Waals surface area (Å²) in [4.78, 5) is 2.46. The molecule has 1 fully saturated rings. The summed E-state index contributed by atoms with van der Waals surface area (Å²) in [6.07, 6.45) is 3.25. The Morgan fingerprint density at radius 3 is 3.14 bits per heavy atom. The Kier molecular flexibility index (Phi) is 3.16. The van der Waals surface area contributed by atoms with Gasteiger partial charge in [0.2, 0.25) is 0 Å². The van der Waals surface area contributed by atoms with Crippen molar-refractivity contribution in [1.82, 2.24) is 20.0 Å². The average Bonchev–Trinajstić information content (AvgIpc) is 2.43. The van der Waals surface area contributed by atoms with E-state index in [9.17, 15) is 0 Å². The number of hydrogen-bond donors (Lipinski definition) is 1. The lowest BCUT2D eigenvalue weighted by atomic mass is 10.3. The molecule has 1 aromatic heterocycles. The van der Waals surface area contributed by atoms with Crippen LogP contribution in [0.1, 0.15) is 12.1 Å². The lowest BCUT2D eigenvalue weighted by Crippen LogP contribution is -2.27. The van der Waals surface area contributed by atoms with Gasteiger partial charge in [-0.1, -0.05) is 0 Å². The molecular formula is C10H18N4. The van der Waals surface area contributed by atoms with Crippen LogP contribution in [0.2, 0.25) is 0 Å². The molecule has 1 aromatic rings. The smallest absolute Gasteiger partial charge is 0.0764 e. The largest absolute Gasteiger partial charge is 0.315 e. The van der Waals surface area contributed by atoms with E-state index in [1.54, 1.807) is 0 Å². The molecule has 0 bridgehead atoms. The van der Waals surface area contributed by atoms with Crippen molar-refractivity contribution in [1.29, 1.82) is 0 Å². The zero-order chi connectivity index (χ0) is 9.80. The van der Waals surface area contributed by atoms with Crippen LogP contribution in [0.25, 0.3) is 0 Å². The molecule has 4 heteroatoms. The average molecular weight is 194 g/mol. The van der Waals surface area contributed by atoms with Crippen molar-refractivity contribution in [3.05, 3.63) is 18.0 Å². The highest BCUT2D eigenvalue weighted by atomic mass is 15.3. The molecule has 4 nitrogen and oxygen atoms in total. The van der Waals surface area contributed by atoms with Crippen molar-refractivity contribution >= 4 is 0 Å². The number of aryl methyl sites for hydroxylation is 1. The highest BCUT2D eigenvalue weighted by Crippen LogP contribution is 2.03. The normalized spacial score (nSPS) is 19.5. The minimum atomic E-state index is 0.989. The van der Waals surface area contributed by atoms with Crippen LogP contribution >= 0.6 is 0 Å². The first kappa shape index (κ1) is 9.68. The molecule has 0 spiro atoms. The summed E-state index contributed by atoms with van der Waals surface area (Å²) < 4.78 is 1.87. The Morgan fingerprint density at radius 2 is 2.36 bits per heavy atom. The van der Waals surface area contributed by atoms with Gasteiger partial charge in [0.25, 0.3) is 0 Å². The molecule has 78 valence electrons. The van der Waals surface area contributed by atoms with Crippen LogP contribution in [-0.4, -0.2) is 40.9 Å². The number of nitrogens with zero attached hydrogens (tertiary/aromatic N) is 3. The molecule has 1 saturated heterocycles. The second-order valence-corrected chi connectivity index (χ2v) is 3.86. The molecule has 0 aromatic carbocycles. The van der Waals surface area contributed by atoms with Gasteiger partial charge in [0.15, 0.2) is 0 Å². The first-order valence-electron chi connectivity index (χ1n) is 5.26. The van der Waals surface area contributed by atoms with Gasteiger partial charge in [-0.2, -0.15) is 5.10 Å². The first-order chi connectivity index (χ1) is 6.84. The van der Waals surface area contributed by atoms with Gasteiger partial charge in [-0.25, -0.2) is 0 Å². The maximum absolute atomic E-state index is 4.39. The fourth-order valence-electron chi connectivity index (χ4n) is 1.84. The van der Waals surface area contributed by atoms with Gasteiger partial charge in [0.05, 0.1) is 5.69 Å². The van der Waals surface area contributed by atoms with Crippen LogP contribution < -0.4 is 5.32 Å². The number of aromatic nitrogens is 2. The van der Waals surface area contributed by atoms with E-state index in [1.807, 2.05) is 17.9 Å². The number of hydrogen-bond acceptors (Lipinski definition) is 3. The molecule has 0 amide bonds. The van der Waals surface area contributed by atoms with E-state index >= 15 is 0 Å². The fraction of sp³-hybridized carbons (Fsp3) is 0.700. The van der Waals surface area contributed by atoms with Gasteiger partial charge < -0.3 is 5.32 Å². The van der Waals surface area contributed by atoms with Gasteiger partial charge >= 0.3 is 0 Å². The zero-order valence-corrected chi connectivity index (χ0v) is 8.74. The first-order valence-corrected chi connectivity index (χ1v) is 5.26. The van der Waals surface area contributed by atoms with Crippen LogP contribution in [0.15, 0.2) is 12.3 Å². The van der Waals surface area contributed by atoms with Gasteiger partial charge in [-0.05, 0) is 25.6 Å². The summed E-state index contributed by atoms with van der Waals surface area (Å²) in [5.74, 6) is 0. The van der Waals surface area contributed by atoms with E-state index in [0.29, 0.717) is 0 Å². The molecule has 0 atom stereocenters. The monoisotopic (exact) mass is 194 g/mol. The maximum Gasteiger partial charge on any atom is 0.0764 e. The van der Waals surface area contributed by atoms with E-state index in [0.717, 1.165) is 26.2 Å². The molecule has 1 aliphatic heterocycles. The predicted molar refractivity (Wildman–Crippen MR) is 56.0 cm³/mol. The molecular weight excluding hydrogens is 176 g/mol. The van der Waals surface area contributed by atoms with Crippen molar-refractivity contribution in [3.63, 3.8) is 0 Å². The van der Waals surface area contributed by atoms with Crippen molar-refractivity contribution in [2.75, 3.05) is 26.2 Å². The molecule has 2 rings (SSSR count). The number of rotatable bonds is 2. The third kappa shape index (κ3) is 2.56. The third-order valence-electron chi connectivity index (χ3n) is 2.59. The molecule has 2 heterocycles. The Morgan fingerprint density at radius 1 is 1.43 bits per heavy atom. The highest BCUT2D eigenvalue weighted by molar-refractivity contribution is 4.98. The van der Waals surface area contributed by atoms with Gasteiger partial charge in [0, 0.05) is 32.9 Å². The lowest BCUT2D eigenvalue weighted by molar-refractivity contribution is 0.280. The molecule has 0 radical (unpaired) electrons. The van der Waals surface area contributed by atoms with Crippen LogP contribution in [0.5, 0.6) is 0 Å². The van der Waals surface area contributed by atoms with Crippen molar-refractivity contribution in [2.45, 2.75) is 13.0 Å². The summed E-state index contributed by atoms with van der Waals surface area (Å²) >= 11 is 0. The second-order valence-electron chi connectivity index (χ2n) is 3.86. The van der Waals surface area contributed by atoms with Crippen LogP contribution in [0.4, 0.5) is 0 Å². The molecule has 1 aliphatic rings. The van der Waals surface area contributed by atoms with Crippen LogP contribution in [-0.2, 0) is 13.6 Å². The minimum Gasteiger partial charge on any atom is -0.315 e. The van der Waals surface area contributed by atoms with Crippen molar-refractivity contribution < 1.29 is 0 Å². The third-order valence-corrected chi connectivity index (χ3v) is 2.59. The van der Waals surface area contributed by atoms with Gasteiger partial charge in [0.1, 0.15) is 0 Å². The van der Waals surface area contributed by atoms with Gasteiger partial charge in [-0.15, -0.1) is 0 Å². The summed E-state index contributed by atoms with van der Waals surface area (Å²) in [5, 5.41) is 7.79. The van der Waals surface area contributed by atoms with E-state index in [2.05, 4.69) is 21.4 Å². The molecule has 0 saturated carbocycles. The Labute approximate surface area is 84.9 Å². The second kappa shape index (κ2) is 4.57. The van der Waals surface area contributed by atoms with Crippen LogP contribution in [0.3, 0.4) is 0 Å². The number of nitrogens with one attached hydrogen (secondary N) is 1. The van der Waals surface area contributed by atoms with E-state index in [1.165, 1.54) is 18.7 Å². The summed E-state index contributed by atoms with van der Waals surface area (Å²) in [6, 6.07) is 2.10. The Bertz CT molecular complexity index is 273. The van der Waals surface area contributed by atoms with E-state index in [-0.39, 0.29) is 0 Å². The minimum absolute atomic E-state index is 0.989. The lowest BCUT2D eigenvalue weighted by Gasteiger charge is -2.17. The fourth-order valence-corrected chi connectivity index (χ4v) is 1.84. The molecule has 1 N–H and O–H groups in total. The standard InChI is InChI=1S/C10H18N4/c1-13-7-3-10(12-13)9-14-6-2-4-11-5-8-14/h3,7,11H,2,4-6,8-9H2,1H3. The maximum atomic E-state index is 4.39. The van der Waals surface area contributed by atoms with Crippen LogP contribution in [0, 0.1) is 0 Å². The zero-order valence-electron chi connectivity index (χ0n) is 8.74. The van der Waals surface area contributed by atoms with Crippen molar-refractivity contribution in [2.24, 2.45) is 7.05 Å². The summed E-state index contributed by atoms with van der Waals surface area (Å²) in [5.41, 5.74) is 1.18. The van der Waals surface area contributed by atoms with E-state index in [4.69, 9.17) is 0 Å². The topological polar surface area (TPSA) is 33.1 Å². The van der Waals surface area contributed by atoms with E-state index < -0.39 is 0 Å². The molecule has 14 heavy (non-hydrogen) atoms. The summed E-state index contributed by atoms with van der Waals surface area (Å²) in [7, 11) is 1.97. The Balaban J connectivity index is 1.89. The Hall–Kier alpha value is -0.870. The molecule has 0 unspecified atom stereocenters. The quantitative estimate of drug-likeness (QED) is 0.731. The molecule has 0 aliphatic carbocycles. The summed E-state index contributed by atoms with van der Waals surface area (Å²) in [6.45, 7) is 5.56. The van der Waals surface area contributed by atoms with Gasteiger partial charge in [-0.3, -0.25) is 9.58 Å². The van der Waals surface area contributed by atoms with Crippen molar-refractivity contribution in [3.8, 4) is 0 Å². The SMILES string of the molecule is Cn1ccc(CN2CCCNCC2)n1.